The molecule has 10 nitrogen and oxygen atoms in total. The number of aliphatic hydroxyl groups excluding tert-OH is 1. The van der Waals surface area contributed by atoms with Gasteiger partial charge in [-0.05, 0) is 73.7 Å². The number of carboxylic acid groups (broad SMARTS) is 1. The van der Waals surface area contributed by atoms with Crippen LogP contribution in [0.5, 0.6) is 0 Å². The number of aliphatic hydroxyl groups is 2. The Bertz CT molecular complexity index is 1130. The Kier molecular flexibility index (Phi) is 8.86. The van der Waals surface area contributed by atoms with Gasteiger partial charge in [0.15, 0.2) is 12.4 Å². The molecule has 3 fully saturated rings. The summed E-state index contributed by atoms with van der Waals surface area (Å²) in [4.78, 5) is 61.5. The molecule has 0 aromatic rings. The lowest BCUT2D eigenvalue weighted by molar-refractivity contribution is -0.184. The summed E-state index contributed by atoms with van der Waals surface area (Å²) in [5, 5.41) is 35.0. The predicted molar refractivity (Wildman–Crippen MR) is 147 cm³/mol. The quantitative estimate of drug-likeness (QED) is 0.286. The summed E-state index contributed by atoms with van der Waals surface area (Å²) in [6, 6.07) is -1.06. The number of amides is 1. The molecule has 4 rings (SSSR count). The fourth-order valence-electron chi connectivity index (χ4n) is 8.63. The highest BCUT2D eigenvalue weighted by Crippen LogP contribution is 2.67. The minimum absolute atomic E-state index is 0.00736. The molecule has 41 heavy (non-hydrogen) atoms. The number of hydrogen-bond donors (Lipinski definition) is 4. The molecular weight excluding hydrogens is 530 g/mol. The van der Waals surface area contributed by atoms with Crippen molar-refractivity contribution in [1.29, 1.82) is 0 Å². The minimum atomic E-state index is -1.76. The first-order valence-corrected chi connectivity index (χ1v) is 15.0. The van der Waals surface area contributed by atoms with E-state index in [1.807, 2.05) is 13.8 Å². The maximum atomic E-state index is 13.4. The zero-order valence-electron chi connectivity index (χ0n) is 24.6. The largest absolute Gasteiger partial charge is 0.480 e. The third-order valence-electron chi connectivity index (χ3n) is 11.2. The van der Waals surface area contributed by atoms with Crippen LogP contribution in [0.1, 0.15) is 91.9 Å². The van der Waals surface area contributed by atoms with Crippen molar-refractivity contribution in [1.82, 2.24) is 5.32 Å². The fourth-order valence-corrected chi connectivity index (χ4v) is 8.63. The lowest BCUT2D eigenvalue weighted by Crippen LogP contribution is -2.62. The Hall–Kier alpha value is -2.59. The van der Waals surface area contributed by atoms with E-state index < -0.39 is 53.4 Å². The van der Waals surface area contributed by atoms with Crippen LogP contribution >= 0.6 is 0 Å². The third-order valence-corrected chi connectivity index (χ3v) is 11.2. The summed E-state index contributed by atoms with van der Waals surface area (Å²) in [5.41, 5.74) is -1.81. The van der Waals surface area contributed by atoms with Crippen LogP contribution < -0.4 is 5.32 Å². The SMILES string of the molecule is CC[C@H](C)[C@H](NC(=O)CCC(=O)OCC(=O)[C@@]1(O)CC[C@@H]2[C@@H]3CCC4=CC(=O)CC[C@]4(C)[C@H]3[C@H](O)C[C@@]21C)C(=O)O. The molecule has 4 aliphatic carbocycles. The van der Waals surface area contributed by atoms with Gasteiger partial charge in [0.1, 0.15) is 11.6 Å². The van der Waals surface area contributed by atoms with E-state index in [1.165, 1.54) is 0 Å². The van der Waals surface area contributed by atoms with Crippen LogP contribution in [0.3, 0.4) is 0 Å². The number of rotatable bonds is 10. The standard InChI is InChI=1S/C31H45NO9/c1-5-17(2)27(28(38)39)32-24(36)8-9-25(37)41-16-23(35)31(40)13-11-21-20-7-6-18-14-19(33)10-12-29(18,3)26(20)22(34)15-30(21,31)4/h14,17,20-22,26-27,34,40H,5-13,15-16H2,1-4H3,(H,32,36)(H,38,39)/t17-,20-,21+,22+,26+,27-,29-,30-,31-/m0/s1. The highest BCUT2D eigenvalue weighted by Gasteiger charge is 2.68. The summed E-state index contributed by atoms with van der Waals surface area (Å²) in [7, 11) is 0. The van der Waals surface area contributed by atoms with E-state index in [-0.39, 0.29) is 60.6 Å². The summed E-state index contributed by atoms with van der Waals surface area (Å²) < 4.78 is 5.16. The lowest BCUT2D eigenvalue weighted by Gasteiger charge is -2.60. The van der Waals surface area contributed by atoms with E-state index in [4.69, 9.17) is 4.74 Å². The van der Waals surface area contributed by atoms with E-state index in [0.717, 1.165) is 18.4 Å². The van der Waals surface area contributed by atoms with Crippen LogP contribution in [0.2, 0.25) is 0 Å². The number of aliphatic carboxylic acids is 1. The van der Waals surface area contributed by atoms with Crippen molar-refractivity contribution in [2.75, 3.05) is 6.61 Å². The summed E-state index contributed by atoms with van der Waals surface area (Å²) in [6.07, 6.45) is 4.77. The molecule has 1 amide bonds. The van der Waals surface area contributed by atoms with Crippen molar-refractivity contribution in [2.24, 2.45) is 34.5 Å². The number of ether oxygens (including phenoxy) is 1. The number of allylic oxidation sites excluding steroid dienone is 1. The Balaban J connectivity index is 1.37. The normalized spacial score (nSPS) is 37.5. The van der Waals surface area contributed by atoms with Crippen LogP contribution in [-0.4, -0.2) is 69.1 Å². The van der Waals surface area contributed by atoms with E-state index in [2.05, 4.69) is 12.2 Å². The van der Waals surface area contributed by atoms with E-state index in [9.17, 15) is 39.3 Å². The summed E-state index contributed by atoms with van der Waals surface area (Å²) in [5.74, 6) is -3.23. The maximum Gasteiger partial charge on any atom is 0.326 e. The van der Waals surface area contributed by atoms with Crippen LogP contribution in [0.4, 0.5) is 0 Å². The molecule has 0 saturated heterocycles. The molecular formula is C31H45NO9. The highest BCUT2D eigenvalue weighted by molar-refractivity contribution is 5.92. The van der Waals surface area contributed by atoms with Crippen molar-refractivity contribution in [3.05, 3.63) is 11.6 Å². The summed E-state index contributed by atoms with van der Waals surface area (Å²) >= 11 is 0. The first kappa shape index (κ1) is 31.3. The second-order valence-electron chi connectivity index (χ2n) is 13.3. The molecule has 0 unspecified atom stereocenters. The van der Waals surface area contributed by atoms with Gasteiger partial charge in [0, 0.05) is 18.3 Å². The Labute approximate surface area is 241 Å². The number of carboxylic acids is 1. The third kappa shape index (κ3) is 5.49. The van der Waals surface area contributed by atoms with E-state index >= 15 is 0 Å². The highest BCUT2D eigenvalue weighted by atomic mass is 16.5. The topological polar surface area (TPSA) is 167 Å². The lowest BCUT2D eigenvalue weighted by atomic mass is 9.45. The molecule has 0 spiro atoms. The zero-order chi connectivity index (χ0) is 30.3. The van der Waals surface area contributed by atoms with Crippen molar-refractivity contribution in [3.8, 4) is 0 Å². The molecule has 10 heteroatoms. The average molecular weight is 576 g/mol. The Morgan fingerprint density at radius 2 is 1.83 bits per heavy atom. The second kappa shape index (κ2) is 11.6. The van der Waals surface area contributed by atoms with Crippen molar-refractivity contribution in [2.45, 2.75) is 110 Å². The molecule has 0 aromatic heterocycles. The Morgan fingerprint density at radius 3 is 2.49 bits per heavy atom. The van der Waals surface area contributed by atoms with Gasteiger partial charge in [-0.25, -0.2) is 4.79 Å². The number of esters is 1. The number of carbonyl (C=O) groups is 5. The first-order chi connectivity index (χ1) is 19.2. The second-order valence-corrected chi connectivity index (χ2v) is 13.3. The fraction of sp³-hybridized carbons (Fsp3) is 0.774. The number of ketones is 2. The molecule has 0 bridgehead atoms. The van der Waals surface area contributed by atoms with Gasteiger partial charge >= 0.3 is 11.9 Å². The van der Waals surface area contributed by atoms with E-state index in [0.29, 0.717) is 25.7 Å². The molecule has 0 aromatic carbocycles. The summed E-state index contributed by atoms with van der Waals surface area (Å²) in [6.45, 7) is 6.90. The van der Waals surface area contributed by atoms with Gasteiger partial charge in [0.2, 0.25) is 11.7 Å². The van der Waals surface area contributed by atoms with Crippen molar-refractivity contribution in [3.63, 3.8) is 0 Å². The number of carbonyl (C=O) groups excluding carboxylic acids is 4. The van der Waals surface area contributed by atoms with Crippen LogP contribution in [0.15, 0.2) is 11.6 Å². The molecule has 4 aliphatic rings. The Morgan fingerprint density at radius 1 is 1.12 bits per heavy atom. The molecule has 9 atom stereocenters. The molecule has 0 aliphatic heterocycles. The molecule has 228 valence electrons. The number of nitrogens with one attached hydrogen (secondary N) is 1. The van der Waals surface area contributed by atoms with Gasteiger partial charge in [0.05, 0.1) is 12.5 Å². The number of fused-ring (bicyclic) bond motifs is 5. The van der Waals surface area contributed by atoms with Gasteiger partial charge in [-0.1, -0.05) is 39.7 Å². The maximum absolute atomic E-state index is 13.4. The predicted octanol–water partition coefficient (Wildman–Crippen LogP) is 2.73. The van der Waals surface area contributed by atoms with Crippen molar-refractivity contribution < 1.29 is 44.0 Å². The number of Topliss-reactive ketones (excluding diaryl/α,β-unsaturated/α-hetero) is 1. The minimum Gasteiger partial charge on any atom is -0.480 e. The van der Waals surface area contributed by atoms with Gasteiger partial charge in [-0.15, -0.1) is 0 Å². The van der Waals surface area contributed by atoms with Crippen LogP contribution in [-0.2, 0) is 28.7 Å². The zero-order valence-corrected chi connectivity index (χ0v) is 24.6. The smallest absolute Gasteiger partial charge is 0.326 e. The monoisotopic (exact) mass is 575 g/mol. The van der Waals surface area contributed by atoms with E-state index in [1.54, 1.807) is 13.0 Å². The molecule has 3 saturated carbocycles. The molecule has 0 radical (unpaired) electrons. The van der Waals surface area contributed by atoms with Crippen LogP contribution in [0, 0.1) is 34.5 Å². The van der Waals surface area contributed by atoms with Crippen LogP contribution in [0.25, 0.3) is 0 Å². The average Bonchev–Trinajstić information content (AvgIpc) is 3.19. The van der Waals surface area contributed by atoms with Crippen molar-refractivity contribution >= 4 is 29.4 Å². The number of hydrogen-bond acceptors (Lipinski definition) is 8. The molecule has 0 heterocycles. The van der Waals surface area contributed by atoms with Gasteiger partial charge in [0.25, 0.3) is 0 Å². The van der Waals surface area contributed by atoms with Gasteiger partial charge < -0.3 is 25.4 Å². The molecule has 4 N–H and O–H groups in total. The van der Waals surface area contributed by atoms with Gasteiger partial charge in [-0.2, -0.15) is 0 Å². The first-order valence-electron chi connectivity index (χ1n) is 15.0. The van der Waals surface area contributed by atoms with Gasteiger partial charge in [-0.3, -0.25) is 19.2 Å².